The molecule has 2 aliphatic heterocycles. The van der Waals surface area contributed by atoms with E-state index in [2.05, 4.69) is 28.4 Å². The fourth-order valence-electron chi connectivity index (χ4n) is 4.65. The monoisotopic (exact) mass is 366 g/mol. The van der Waals surface area contributed by atoms with Crippen molar-refractivity contribution in [3.05, 3.63) is 47.5 Å². The van der Waals surface area contributed by atoms with E-state index < -0.39 is 0 Å². The largest absolute Gasteiger partial charge is 0.508 e. The SMILES string of the molecule is Oc1ccc2c(c1)CC(NC1CCN(c3cccc4c3OCCO4)CC1)C2. The first-order valence-corrected chi connectivity index (χ1v) is 9.96. The molecule has 2 N–H and O–H groups in total. The van der Waals surface area contributed by atoms with Crippen LogP contribution in [0.15, 0.2) is 36.4 Å². The Morgan fingerprint density at radius 3 is 2.63 bits per heavy atom. The third-order valence-electron chi connectivity index (χ3n) is 5.97. The van der Waals surface area contributed by atoms with Gasteiger partial charge in [-0.1, -0.05) is 12.1 Å². The maximum atomic E-state index is 9.68. The lowest BCUT2D eigenvalue weighted by molar-refractivity contribution is 0.172. The summed E-state index contributed by atoms with van der Waals surface area (Å²) in [6.45, 7) is 3.31. The van der Waals surface area contributed by atoms with Gasteiger partial charge in [-0.3, -0.25) is 0 Å². The minimum atomic E-state index is 0.375. The lowest BCUT2D eigenvalue weighted by atomic mass is 10.0. The molecule has 142 valence electrons. The first kappa shape index (κ1) is 16.8. The van der Waals surface area contributed by atoms with E-state index in [9.17, 15) is 5.11 Å². The van der Waals surface area contributed by atoms with Crippen molar-refractivity contribution in [2.75, 3.05) is 31.2 Å². The highest BCUT2D eigenvalue weighted by molar-refractivity contribution is 5.65. The van der Waals surface area contributed by atoms with Crippen LogP contribution in [0, 0.1) is 0 Å². The van der Waals surface area contributed by atoms with E-state index in [4.69, 9.17) is 9.47 Å². The van der Waals surface area contributed by atoms with Crippen molar-refractivity contribution < 1.29 is 14.6 Å². The number of fused-ring (bicyclic) bond motifs is 2. The molecule has 2 heterocycles. The smallest absolute Gasteiger partial charge is 0.184 e. The van der Waals surface area contributed by atoms with Crippen LogP contribution in [-0.2, 0) is 12.8 Å². The van der Waals surface area contributed by atoms with Crippen molar-refractivity contribution in [3.8, 4) is 17.2 Å². The van der Waals surface area contributed by atoms with Gasteiger partial charge in [0.1, 0.15) is 19.0 Å². The zero-order chi connectivity index (χ0) is 18.2. The van der Waals surface area contributed by atoms with Crippen molar-refractivity contribution in [1.29, 1.82) is 0 Å². The van der Waals surface area contributed by atoms with Crippen molar-refractivity contribution in [2.24, 2.45) is 0 Å². The number of phenols is 1. The summed E-state index contributed by atoms with van der Waals surface area (Å²) in [6, 6.07) is 13.0. The van der Waals surface area contributed by atoms with Crippen LogP contribution < -0.4 is 19.7 Å². The molecule has 1 atom stereocenters. The molecular formula is C22H26N2O3. The third kappa shape index (κ3) is 3.32. The second-order valence-corrected chi connectivity index (χ2v) is 7.79. The minimum Gasteiger partial charge on any atom is -0.508 e. The average molecular weight is 366 g/mol. The number of nitrogens with one attached hydrogen (secondary N) is 1. The Hall–Kier alpha value is -2.40. The Morgan fingerprint density at radius 2 is 1.74 bits per heavy atom. The number of aromatic hydroxyl groups is 1. The normalized spacial score (nSPS) is 21.9. The lowest BCUT2D eigenvalue weighted by Gasteiger charge is -2.36. The number of ether oxygens (including phenoxy) is 2. The highest BCUT2D eigenvalue weighted by Gasteiger charge is 2.28. The van der Waals surface area contributed by atoms with Crippen LogP contribution in [0.4, 0.5) is 5.69 Å². The van der Waals surface area contributed by atoms with Gasteiger partial charge in [0.2, 0.25) is 0 Å². The predicted octanol–water partition coefficient (Wildman–Crippen LogP) is 2.89. The molecule has 0 spiro atoms. The molecule has 1 saturated heterocycles. The Balaban J connectivity index is 1.19. The molecule has 5 nitrogen and oxygen atoms in total. The fourth-order valence-corrected chi connectivity index (χ4v) is 4.65. The van der Waals surface area contributed by atoms with E-state index >= 15 is 0 Å². The molecule has 2 aromatic carbocycles. The molecule has 2 aromatic rings. The van der Waals surface area contributed by atoms with Crippen LogP contribution in [0.1, 0.15) is 24.0 Å². The predicted molar refractivity (Wildman–Crippen MR) is 105 cm³/mol. The van der Waals surface area contributed by atoms with Crippen molar-refractivity contribution in [2.45, 2.75) is 37.8 Å². The molecule has 0 radical (unpaired) electrons. The number of nitrogens with zero attached hydrogens (tertiary/aromatic N) is 1. The van der Waals surface area contributed by atoms with Gasteiger partial charge in [-0.05, 0) is 61.1 Å². The van der Waals surface area contributed by atoms with Gasteiger partial charge in [-0.15, -0.1) is 0 Å². The molecule has 0 saturated carbocycles. The number of rotatable bonds is 3. The van der Waals surface area contributed by atoms with Crippen LogP contribution in [0.2, 0.25) is 0 Å². The summed E-state index contributed by atoms with van der Waals surface area (Å²) in [4.78, 5) is 2.42. The maximum Gasteiger partial charge on any atom is 0.184 e. The van der Waals surface area contributed by atoms with Crippen molar-refractivity contribution in [3.63, 3.8) is 0 Å². The van der Waals surface area contributed by atoms with Crippen LogP contribution in [0.25, 0.3) is 0 Å². The highest BCUT2D eigenvalue weighted by Crippen LogP contribution is 2.40. The second kappa shape index (κ2) is 6.97. The van der Waals surface area contributed by atoms with Gasteiger partial charge < -0.3 is 24.8 Å². The number of hydrogen-bond acceptors (Lipinski definition) is 5. The Morgan fingerprint density at radius 1 is 0.926 bits per heavy atom. The fraction of sp³-hybridized carbons (Fsp3) is 0.455. The topological polar surface area (TPSA) is 54.0 Å². The van der Waals surface area contributed by atoms with Gasteiger partial charge >= 0.3 is 0 Å². The first-order valence-electron chi connectivity index (χ1n) is 9.96. The van der Waals surface area contributed by atoms with Gasteiger partial charge in [-0.2, -0.15) is 0 Å². The number of benzene rings is 2. The highest BCUT2D eigenvalue weighted by atomic mass is 16.6. The Labute approximate surface area is 159 Å². The summed E-state index contributed by atoms with van der Waals surface area (Å²) >= 11 is 0. The van der Waals surface area contributed by atoms with Gasteiger partial charge in [0, 0.05) is 25.2 Å². The van der Waals surface area contributed by atoms with Gasteiger partial charge in [0.05, 0.1) is 5.69 Å². The molecule has 1 aliphatic carbocycles. The zero-order valence-corrected chi connectivity index (χ0v) is 15.5. The molecule has 1 unspecified atom stereocenters. The second-order valence-electron chi connectivity index (χ2n) is 7.79. The number of anilines is 1. The van der Waals surface area contributed by atoms with Crippen LogP contribution in [0.3, 0.4) is 0 Å². The van der Waals surface area contributed by atoms with Crippen LogP contribution in [-0.4, -0.2) is 43.5 Å². The molecule has 0 bridgehead atoms. The number of hydrogen-bond donors (Lipinski definition) is 2. The number of para-hydroxylation sites is 1. The molecule has 1 fully saturated rings. The molecule has 5 rings (SSSR count). The average Bonchev–Trinajstić information content (AvgIpc) is 3.09. The summed E-state index contributed by atoms with van der Waals surface area (Å²) < 4.78 is 11.6. The van der Waals surface area contributed by atoms with E-state index in [0.29, 0.717) is 31.0 Å². The van der Waals surface area contributed by atoms with Crippen molar-refractivity contribution >= 4 is 5.69 Å². The summed E-state index contributed by atoms with van der Waals surface area (Å²) in [5.41, 5.74) is 3.82. The quantitative estimate of drug-likeness (QED) is 0.875. The summed E-state index contributed by atoms with van der Waals surface area (Å²) in [6.07, 6.45) is 4.33. The molecular weight excluding hydrogens is 340 g/mol. The lowest BCUT2D eigenvalue weighted by Crippen LogP contribution is -2.46. The minimum absolute atomic E-state index is 0.375. The molecule has 0 aromatic heterocycles. The number of phenolic OH excluding ortho intramolecular Hbond substituents is 1. The number of piperidine rings is 1. The van der Waals surface area contributed by atoms with Crippen LogP contribution >= 0.6 is 0 Å². The maximum absolute atomic E-state index is 9.68. The van der Waals surface area contributed by atoms with E-state index in [0.717, 1.165) is 56.0 Å². The van der Waals surface area contributed by atoms with E-state index in [1.165, 1.54) is 11.1 Å². The zero-order valence-electron chi connectivity index (χ0n) is 15.5. The standard InChI is InChI=1S/C22H26N2O3/c25-19-5-4-15-12-18(13-16(15)14-19)23-17-6-8-24(9-7-17)20-2-1-3-21-22(20)27-11-10-26-21/h1-5,14,17-18,23,25H,6-13H2. The summed E-state index contributed by atoms with van der Waals surface area (Å²) in [5.74, 6) is 2.15. The molecule has 27 heavy (non-hydrogen) atoms. The first-order chi connectivity index (χ1) is 13.3. The third-order valence-corrected chi connectivity index (χ3v) is 5.97. The van der Waals surface area contributed by atoms with E-state index in [-0.39, 0.29) is 0 Å². The Kier molecular flexibility index (Phi) is 4.32. The molecule has 3 aliphatic rings. The summed E-state index contributed by atoms with van der Waals surface area (Å²) in [7, 11) is 0. The Bertz CT molecular complexity index is 830. The van der Waals surface area contributed by atoms with Crippen molar-refractivity contribution in [1.82, 2.24) is 5.32 Å². The molecule has 0 amide bonds. The van der Waals surface area contributed by atoms with Crippen LogP contribution in [0.5, 0.6) is 17.2 Å². The van der Waals surface area contributed by atoms with Gasteiger partial charge in [0.25, 0.3) is 0 Å². The van der Waals surface area contributed by atoms with Gasteiger partial charge in [-0.25, -0.2) is 0 Å². The molecule has 5 heteroatoms. The van der Waals surface area contributed by atoms with Gasteiger partial charge in [0.15, 0.2) is 11.5 Å². The van der Waals surface area contributed by atoms with E-state index in [1.54, 1.807) is 6.07 Å². The van der Waals surface area contributed by atoms with E-state index in [1.807, 2.05) is 12.1 Å². The summed E-state index contributed by atoms with van der Waals surface area (Å²) in [5, 5.41) is 13.5.